The third kappa shape index (κ3) is 2.94. The van der Waals surface area contributed by atoms with Crippen molar-refractivity contribution in [1.29, 1.82) is 0 Å². The molecule has 1 N–H and O–H groups in total. The smallest absolute Gasteiger partial charge is 0.275 e. The van der Waals surface area contributed by atoms with Crippen molar-refractivity contribution in [2.75, 3.05) is 5.32 Å². The molecule has 3 rings (SSSR count). The van der Waals surface area contributed by atoms with E-state index in [1.807, 2.05) is 6.07 Å². The third-order valence-electron chi connectivity index (χ3n) is 2.76. The molecule has 0 unspecified atom stereocenters. The first-order valence-corrected chi connectivity index (χ1v) is 6.72. The number of anilines is 1. The minimum atomic E-state index is -0.431. The number of benzene rings is 1. The summed E-state index contributed by atoms with van der Waals surface area (Å²) in [5, 5.41) is 4.21. The van der Waals surface area contributed by atoms with Crippen molar-refractivity contribution < 1.29 is 4.79 Å². The zero-order valence-electron chi connectivity index (χ0n) is 10.5. The van der Waals surface area contributed by atoms with Gasteiger partial charge in [0.15, 0.2) is 0 Å². The molecule has 2 heterocycles. The van der Waals surface area contributed by atoms with E-state index in [2.05, 4.69) is 20.3 Å². The topological polar surface area (TPSA) is 67.8 Å². The predicted octanol–water partition coefficient (Wildman–Crippen LogP) is 3.58. The standard InChI is InChI=1S/C14H8Cl2N4O/c15-9-4-8-2-1-3-18-13(8)10(5-9)20-14(21)11-6-17-7-12(16)19-11/h1-7H,(H,20,21). The average Bonchev–Trinajstić information content (AvgIpc) is 2.47. The summed E-state index contributed by atoms with van der Waals surface area (Å²) in [5.74, 6) is -0.431. The molecule has 0 aliphatic rings. The number of amides is 1. The van der Waals surface area contributed by atoms with E-state index < -0.39 is 5.91 Å². The molecule has 0 aliphatic heterocycles. The molecular formula is C14H8Cl2N4O. The number of carbonyl (C=O) groups is 1. The number of hydrogen-bond acceptors (Lipinski definition) is 4. The Labute approximate surface area is 130 Å². The first kappa shape index (κ1) is 13.7. The normalized spacial score (nSPS) is 10.6. The lowest BCUT2D eigenvalue weighted by atomic mass is 10.2. The van der Waals surface area contributed by atoms with Crippen LogP contribution in [0.25, 0.3) is 10.9 Å². The van der Waals surface area contributed by atoms with Crippen LogP contribution in [-0.2, 0) is 0 Å². The largest absolute Gasteiger partial charge is 0.319 e. The average molecular weight is 319 g/mol. The third-order valence-corrected chi connectivity index (χ3v) is 3.16. The summed E-state index contributed by atoms with van der Waals surface area (Å²) in [6.07, 6.45) is 4.33. The van der Waals surface area contributed by atoms with Gasteiger partial charge in [0, 0.05) is 16.6 Å². The molecule has 5 nitrogen and oxygen atoms in total. The molecule has 7 heteroatoms. The van der Waals surface area contributed by atoms with Crippen LogP contribution < -0.4 is 5.32 Å². The van der Waals surface area contributed by atoms with Crippen LogP contribution in [0, 0.1) is 0 Å². The highest BCUT2D eigenvalue weighted by molar-refractivity contribution is 6.32. The molecule has 0 radical (unpaired) electrons. The molecule has 1 aromatic carbocycles. The number of halogens is 2. The summed E-state index contributed by atoms with van der Waals surface area (Å²) in [6, 6.07) is 7.07. The Morgan fingerprint density at radius 2 is 2.05 bits per heavy atom. The van der Waals surface area contributed by atoms with Crippen LogP contribution in [0.15, 0.2) is 42.9 Å². The van der Waals surface area contributed by atoms with Crippen molar-refractivity contribution >= 4 is 45.7 Å². The van der Waals surface area contributed by atoms with Crippen molar-refractivity contribution in [1.82, 2.24) is 15.0 Å². The summed E-state index contributed by atoms with van der Waals surface area (Å²) in [5.41, 5.74) is 1.27. The highest BCUT2D eigenvalue weighted by atomic mass is 35.5. The monoisotopic (exact) mass is 318 g/mol. The van der Waals surface area contributed by atoms with Crippen molar-refractivity contribution in [2.24, 2.45) is 0 Å². The van der Waals surface area contributed by atoms with Gasteiger partial charge in [-0.2, -0.15) is 0 Å². The van der Waals surface area contributed by atoms with Crippen molar-refractivity contribution in [3.8, 4) is 0 Å². The lowest BCUT2D eigenvalue weighted by Gasteiger charge is -2.08. The van der Waals surface area contributed by atoms with Gasteiger partial charge < -0.3 is 5.32 Å². The van der Waals surface area contributed by atoms with Gasteiger partial charge in [0.2, 0.25) is 0 Å². The van der Waals surface area contributed by atoms with E-state index in [9.17, 15) is 4.79 Å². The number of nitrogens with one attached hydrogen (secondary N) is 1. The maximum absolute atomic E-state index is 12.2. The van der Waals surface area contributed by atoms with E-state index in [-0.39, 0.29) is 10.8 Å². The first-order chi connectivity index (χ1) is 10.1. The molecule has 0 fully saturated rings. The number of carbonyl (C=O) groups excluding carboxylic acids is 1. The Morgan fingerprint density at radius 1 is 1.19 bits per heavy atom. The van der Waals surface area contributed by atoms with Crippen molar-refractivity contribution in [2.45, 2.75) is 0 Å². The maximum atomic E-state index is 12.2. The number of nitrogens with zero attached hydrogens (tertiary/aromatic N) is 3. The van der Waals surface area contributed by atoms with Gasteiger partial charge in [0.1, 0.15) is 10.8 Å². The second-order valence-electron chi connectivity index (χ2n) is 4.21. The summed E-state index contributed by atoms with van der Waals surface area (Å²) in [7, 11) is 0. The van der Waals surface area contributed by atoms with Gasteiger partial charge in [0.25, 0.3) is 5.91 Å². The molecule has 21 heavy (non-hydrogen) atoms. The van der Waals surface area contributed by atoms with Gasteiger partial charge >= 0.3 is 0 Å². The van der Waals surface area contributed by atoms with E-state index in [1.165, 1.54) is 12.4 Å². The van der Waals surface area contributed by atoms with Crippen LogP contribution in [0.2, 0.25) is 10.2 Å². The van der Waals surface area contributed by atoms with Crippen LogP contribution in [0.4, 0.5) is 5.69 Å². The molecular weight excluding hydrogens is 311 g/mol. The first-order valence-electron chi connectivity index (χ1n) is 5.96. The van der Waals surface area contributed by atoms with Crippen LogP contribution in [0.3, 0.4) is 0 Å². The quantitative estimate of drug-likeness (QED) is 0.784. The fraction of sp³-hybridized carbons (Fsp3) is 0. The molecule has 0 spiro atoms. The maximum Gasteiger partial charge on any atom is 0.275 e. The Hall–Kier alpha value is -2.24. The van der Waals surface area contributed by atoms with E-state index in [1.54, 1.807) is 24.4 Å². The number of fused-ring (bicyclic) bond motifs is 1. The molecule has 0 saturated heterocycles. The molecule has 0 aliphatic carbocycles. The minimum Gasteiger partial charge on any atom is -0.319 e. The van der Waals surface area contributed by atoms with Crippen LogP contribution in [0.5, 0.6) is 0 Å². The second kappa shape index (κ2) is 5.63. The fourth-order valence-electron chi connectivity index (χ4n) is 1.89. The lowest BCUT2D eigenvalue weighted by molar-refractivity contribution is 0.102. The van der Waals surface area contributed by atoms with Crippen LogP contribution in [-0.4, -0.2) is 20.9 Å². The SMILES string of the molecule is O=C(Nc1cc(Cl)cc2cccnc12)c1cncc(Cl)n1. The molecule has 0 atom stereocenters. The molecule has 2 aromatic heterocycles. The zero-order chi connectivity index (χ0) is 14.8. The Balaban J connectivity index is 2.00. The van der Waals surface area contributed by atoms with Crippen molar-refractivity contribution in [3.05, 3.63) is 58.7 Å². The molecule has 0 bridgehead atoms. The van der Waals surface area contributed by atoms with Gasteiger partial charge in [-0.1, -0.05) is 29.3 Å². The number of hydrogen-bond donors (Lipinski definition) is 1. The van der Waals surface area contributed by atoms with Gasteiger partial charge in [-0.3, -0.25) is 14.8 Å². The lowest BCUT2D eigenvalue weighted by Crippen LogP contribution is -2.14. The number of aromatic nitrogens is 3. The van der Waals surface area contributed by atoms with E-state index in [0.717, 1.165) is 5.39 Å². The Morgan fingerprint density at radius 3 is 2.86 bits per heavy atom. The number of rotatable bonds is 2. The number of pyridine rings is 1. The zero-order valence-corrected chi connectivity index (χ0v) is 12.1. The van der Waals surface area contributed by atoms with Crippen LogP contribution >= 0.6 is 23.2 Å². The molecule has 104 valence electrons. The Bertz CT molecular complexity index is 838. The Kier molecular flexibility index (Phi) is 3.68. The van der Waals surface area contributed by atoms with E-state index >= 15 is 0 Å². The highest BCUT2D eigenvalue weighted by Crippen LogP contribution is 2.26. The highest BCUT2D eigenvalue weighted by Gasteiger charge is 2.12. The molecule has 3 aromatic rings. The summed E-state index contributed by atoms with van der Waals surface area (Å²) in [4.78, 5) is 24.2. The summed E-state index contributed by atoms with van der Waals surface area (Å²) < 4.78 is 0. The van der Waals surface area contributed by atoms with Gasteiger partial charge in [-0.25, -0.2) is 4.98 Å². The minimum absolute atomic E-state index is 0.117. The summed E-state index contributed by atoms with van der Waals surface area (Å²) >= 11 is 11.8. The van der Waals surface area contributed by atoms with Crippen LogP contribution in [0.1, 0.15) is 10.5 Å². The predicted molar refractivity (Wildman–Crippen MR) is 81.7 cm³/mol. The summed E-state index contributed by atoms with van der Waals surface area (Å²) in [6.45, 7) is 0. The second-order valence-corrected chi connectivity index (χ2v) is 5.03. The van der Waals surface area contributed by atoms with Gasteiger partial charge in [-0.05, 0) is 18.2 Å². The molecule has 0 saturated carbocycles. The van der Waals surface area contributed by atoms with Gasteiger partial charge in [-0.15, -0.1) is 0 Å². The fourth-order valence-corrected chi connectivity index (χ4v) is 2.26. The van der Waals surface area contributed by atoms with Crippen molar-refractivity contribution in [3.63, 3.8) is 0 Å². The van der Waals surface area contributed by atoms with Gasteiger partial charge in [0.05, 0.1) is 23.6 Å². The van der Waals surface area contributed by atoms with E-state index in [4.69, 9.17) is 23.2 Å². The molecule has 1 amide bonds. The van der Waals surface area contributed by atoms with E-state index in [0.29, 0.717) is 16.2 Å².